The summed E-state index contributed by atoms with van der Waals surface area (Å²) in [5.41, 5.74) is 8.44. The summed E-state index contributed by atoms with van der Waals surface area (Å²) in [5, 5.41) is 4.26. The van der Waals surface area contributed by atoms with Crippen LogP contribution in [0.3, 0.4) is 0 Å². The molecule has 96 valence electrons. The molecule has 0 radical (unpaired) electrons. The van der Waals surface area contributed by atoms with Crippen LogP contribution in [-0.4, -0.2) is 16.9 Å². The number of nitrogens with two attached hydrogens (primary N) is 1. The molecule has 2 aromatic rings. The van der Waals surface area contributed by atoms with E-state index in [4.69, 9.17) is 10.5 Å². The standard InChI is InChI=1S/C13H16FN3O/c1-7-9(11-6-12(15)17(3)16-11)5-10(14)8(2)13(7)18-4/h5-6H,15H2,1-4H3. The third-order valence-electron chi connectivity index (χ3n) is 3.11. The van der Waals surface area contributed by atoms with Gasteiger partial charge in [0.25, 0.3) is 0 Å². The monoisotopic (exact) mass is 249 g/mol. The van der Waals surface area contributed by atoms with Crippen molar-refractivity contribution < 1.29 is 9.13 Å². The summed E-state index contributed by atoms with van der Waals surface area (Å²) in [6.07, 6.45) is 0. The maximum Gasteiger partial charge on any atom is 0.130 e. The molecule has 1 aromatic heterocycles. The Bertz CT molecular complexity index is 585. The topological polar surface area (TPSA) is 53.1 Å². The van der Waals surface area contributed by atoms with Crippen LogP contribution in [0.1, 0.15) is 11.1 Å². The highest BCUT2D eigenvalue weighted by molar-refractivity contribution is 5.70. The number of hydrogen-bond acceptors (Lipinski definition) is 3. The molecule has 1 aromatic carbocycles. The Kier molecular flexibility index (Phi) is 2.98. The van der Waals surface area contributed by atoms with E-state index >= 15 is 0 Å². The Morgan fingerprint density at radius 3 is 2.44 bits per heavy atom. The second kappa shape index (κ2) is 4.33. The summed E-state index contributed by atoms with van der Waals surface area (Å²) in [4.78, 5) is 0. The Morgan fingerprint density at radius 2 is 1.94 bits per heavy atom. The van der Waals surface area contributed by atoms with Gasteiger partial charge in [0.1, 0.15) is 17.4 Å². The van der Waals surface area contributed by atoms with Gasteiger partial charge in [0.15, 0.2) is 0 Å². The lowest BCUT2D eigenvalue weighted by molar-refractivity contribution is 0.404. The van der Waals surface area contributed by atoms with Crippen LogP contribution < -0.4 is 10.5 Å². The summed E-state index contributed by atoms with van der Waals surface area (Å²) < 4.78 is 20.7. The molecule has 0 spiro atoms. The summed E-state index contributed by atoms with van der Waals surface area (Å²) in [6, 6.07) is 3.19. The van der Waals surface area contributed by atoms with Crippen molar-refractivity contribution in [3.8, 4) is 17.0 Å². The molecule has 18 heavy (non-hydrogen) atoms. The lowest BCUT2D eigenvalue weighted by atomic mass is 10.0. The van der Waals surface area contributed by atoms with Crippen molar-refractivity contribution in [2.24, 2.45) is 7.05 Å². The molecule has 0 aliphatic rings. The minimum absolute atomic E-state index is 0.309. The van der Waals surface area contributed by atoms with E-state index in [0.29, 0.717) is 28.4 Å². The van der Waals surface area contributed by atoms with Crippen LogP contribution in [0, 0.1) is 19.7 Å². The quantitative estimate of drug-likeness (QED) is 0.889. The van der Waals surface area contributed by atoms with Gasteiger partial charge >= 0.3 is 0 Å². The van der Waals surface area contributed by atoms with Gasteiger partial charge in [-0.3, -0.25) is 4.68 Å². The van der Waals surface area contributed by atoms with Gasteiger partial charge in [-0.25, -0.2) is 4.39 Å². The number of hydrogen-bond donors (Lipinski definition) is 1. The fourth-order valence-corrected chi connectivity index (χ4v) is 2.04. The van der Waals surface area contributed by atoms with Crippen LogP contribution in [0.25, 0.3) is 11.3 Å². The summed E-state index contributed by atoms with van der Waals surface area (Å²) in [5.74, 6) is 0.773. The van der Waals surface area contributed by atoms with Crippen LogP contribution in [0.4, 0.5) is 10.2 Å². The molecule has 0 fully saturated rings. The van der Waals surface area contributed by atoms with Gasteiger partial charge in [-0.1, -0.05) is 0 Å². The van der Waals surface area contributed by atoms with Crippen molar-refractivity contribution in [2.75, 3.05) is 12.8 Å². The van der Waals surface area contributed by atoms with Crippen LogP contribution in [0.5, 0.6) is 5.75 Å². The van der Waals surface area contributed by atoms with Crippen molar-refractivity contribution in [3.05, 3.63) is 29.1 Å². The van der Waals surface area contributed by atoms with Crippen LogP contribution in [0.15, 0.2) is 12.1 Å². The number of aryl methyl sites for hydroxylation is 1. The predicted molar refractivity (Wildman–Crippen MR) is 69.0 cm³/mol. The maximum atomic E-state index is 13.9. The average molecular weight is 249 g/mol. The first kappa shape index (κ1) is 12.4. The van der Waals surface area contributed by atoms with Gasteiger partial charge in [0, 0.05) is 29.8 Å². The van der Waals surface area contributed by atoms with E-state index in [0.717, 1.165) is 5.56 Å². The second-order valence-corrected chi connectivity index (χ2v) is 4.27. The number of anilines is 1. The Labute approximate surface area is 105 Å². The number of halogens is 1. The van der Waals surface area contributed by atoms with Crippen molar-refractivity contribution in [3.63, 3.8) is 0 Å². The first-order chi connectivity index (χ1) is 8.45. The van der Waals surface area contributed by atoms with Gasteiger partial charge < -0.3 is 10.5 Å². The van der Waals surface area contributed by atoms with Gasteiger partial charge in [-0.15, -0.1) is 0 Å². The molecule has 0 aliphatic heterocycles. The number of ether oxygens (including phenoxy) is 1. The highest BCUT2D eigenvalue weighted by Crippen LogP contribution is 2.34. The molecule has 0 saturated carbocycles. The molecule has 0 aliphatic carbocycles. The minimum atomic E-state index is -0.309. The molecule has 0 atom stereocenters. The number of benzene rings is 1. The number of nitrogens with zero attached hydrogens (tertiary/aromatic N) is 2. The SMILES string of the molecule is COc1c(C)c(F)cc(-c2cc(N)n(C)n2)c1C. The fourth-order valence-electron chi connectivity index (χ4n) is 2.04. The third kappa shape index (κ3) is 1.81. The molecular weight excluding hydrogens is 233 g/mol. The minimum Gasteiger partial charge on any atom is -0.496 e. The molecule has 1 heterocycles. The number of aromatic nitrogens is 2. The van der Waals surface area contributed by atoms with Crippen LogP contribution in [0.2, 0.25) is 0 Å². The van der Waals surface area contributed by atoms with Gasteiger partial charge in [-0.2, -0.15) is 5.10 Å². The highest BCUT2D eigenvalue weighted by atomic mass is 19.1. The van der Waals surface area contributed by atoms with E-state index < -0.39 is 0 Å². The smallest absolute Gasteiger partial charge is 0.130 e. The summed E-state index contributed by atoms with van der Waals surface area (Å²) in [7, 11) is 3.28. The van der Waals surface area contributed by atoms with Crippen LogP contribution in [-0.2, 0) is 7.05 Å². The molecule has 0 amide bonds. The average Bonchev–Trinajstić information content (AvgIpc) is 2.65. The molecule has 2 rings (SSSR count). The molecule has 2 N–H and O–H groups in total. The van der Waals surface area contributed by atoms with E-state index in [9.17, 15) is 4.39 Å². The van der Waals surface area contributed by atoms with Crippen molar-refractivity contribution in [2.45, 2.75) is 13.8 Å². The van der Waals surface area contributed by atoms with E-state index in [1.807, 2.05) is 6.92 Å². The maximum absolute atomic E-state index is 13.9. The zero-order valence-corrected chi connectivity index (χ0v) is 10.9. The van der Waals surface area contributed by atoms with E-state index in [1.54, 1.807) is 24.7 Å². The molecule has 5 heteroatoms. The third-order valence-corrected chi connectivity index (χ3v) is 3.11. The highest BCUT2D eigenvalue weighted by Gasteiger charge is 2.16. The van der Waals surface area contributed by atoms with E-state index in [-0.39, 0.29) is 5.82 Å². The van der Waals surface area contributed by atoms with Gasteiger partial charge in [-0.05, 0) is 19.9 Å². The van der Waals surface area contributed by atoms with E-state index in [1.165, 1.54) is 13.2 Å². The predicted octanol–water partition coefficient (Wildman–Crippen LogP) is 2.43. The second-order valence-electron chi connectivity index (χ2n) is 4.27. The van der Waals surface area contributed by atoms with E-state index in [2.05, 4.69) is 5.10 Å². The zero-order chi connectivity index (χ0) is 13.4. The molecule has 4 nitrogen and oxygen atoms in total. The fraction of sp³-hybridized carbons (Fsp3) is 0.308. The molecule has 0 bridgehead atoms. The molecule has 0 unspecified atom stereocenters. The molecular formula is C13H16FN3O. The van der Waals surface area contributed by atoms with Crippen molar-refractivity contribution in [1.29, 1.82) is 0 Å². The lowest BCUT2D eigenvalue weighted by Gasteiger charge is -2.12. The normalized spacial score (nSPS) is 10.7. The van der Waals surface area contributed by atoms with Gasteiger partial charge in [0.2, 0.25) is 0 Å². The Balaban J connectivity index is 2.68. The van der Waals surface area contributed by atoms with Crippen LogP contribution >= 0.6 is 0 Å². The first-order valence-electron chi connectivity index (χ1n) is 5.59. The summed E-state index contributed by atoms with van der Waals surface area (Å²) in [6.45, 7) is 3.57. The Morgan fingerprint density at radius 1 is 1.28 bits per heavy atom. The number of methoxy groups -OCH3 is 1. The number of rotatable bonds is 2. The molecule has 0 saturated heterocycles. The Hall–Kier alpha value is -2.04. The van der Waals surface area contributed by atoms with Gasteiger partial charge in [0.05, 0.1) is 12.8 Å². The zero-order valence-electron chi connectivity index (χ0n) is 10.9. The largest absolute Gasteiger partial charge is 0.496 e. The first-order valence-corrected chi connectivity index (χ1v) is 5.59. The summed E-state index contributed by atoms with van der Waals surface area (Å²) >= 11 is 0. The van der Waals surface area contributed by atoms with Crippen molar-refractivity contribution in [1.82, 2.24) is 9.78 Å². The lowest BCUT2D eigenvalue weighted by Crippen LogP contribution is -1.98. The van der Waals surface area contributed by atoms with Crippen molar-refractivity contribution >= 4 is 5.82 Å². The number of nitrogen functional groups attached to an aromatic ring is 1.